The van der Waals surface area contributed by atoms with Gasteiger partial charge >= 0.3 is 0 Å². The highest BCUT2D eigenvalue weighted by Crippen LogP contribution is 2.39. The molecule has 1 aliphatic carbocycles. The van der Waals surface area contributed by atoms with Gasteiger partial charge in [0.1, 0.15) is 11.3 Å². The van der Waals surface area contributed by atoms with Gasteiger partial charge in [-0.2, -0.15) is 0 Å². The van der Waals surface area contributed by atoms with E-state index in [0.717, 1.165) is 16.9 Å². The van der Waals surface area contributed by atoms with Crippen molar-refractivity contribution in [1.29, 1.82) is 0 Å². The number of aromatic amines is 1. The predicted octanol–water partition coefficient (Wildman–Crippen LogP) is 1.14. The summed E-state index contributed by atoms with van der Waals surface area (Å²) in [7, 11) is 1.97. The summed E-state index contributed by atoms with van der Waals surface area (Å²) >= 11 is 0. The molecule has 0 radical (unpaired) electrons. The maximum atomic E-state index is 11.1. The van der Waals surface area contributed by atoms with Gasteiger partial charge in [0.05, 0.1) is 5.52 Å². The van der Waals surface area contributed by atoms with Crippen molar-refractivity contribution in [3.63, 3.8) is 0 Å². The fourth-order valence-corrected chi connectivity index (χ4v) is 1.84. The van der Waals surface area contributed by atoms with E-state index in [1.54, 1.807) is 12.3 Å². The first kappa shape index (κ1) is 7.79. The minimum absolute atomic E-state index is 0.0668. The molecule has 0 spiro atoms. The van der Waals surface area contributed by atoms with Crippen LogP contribution in [0.4, 0.5) is 0 Å². The maximum Gasteiger partial charge on any atom is 0.250 e. The molecular weight excluding hydrogens is 178 g/mol. The smallest absolute Gasteiger partial charge is 0.250 e. The van der Waals surface area contributed by atoms with Gasteiger partial charge in [0.25, 0.3) is 0 Å². The zero-order valence-electron chi connectivity index (χ0n) is 7.95. The quantitative estimate of drug-likeness (QED) is 0.731. The van der Waals surface area contributed by atoms with Gasteiger partial charge in [-0.25, -0.2) is 4.98 Å². The van der Waals surface area contributed by atoms with E-state index in [-0.39, 0.29) is 5.56 Å². The average Bonchev–Trinajstić information content (AvgIpc) is 2.95. The third kappa shape index (κ3) is 0.999. The van der Waals surface area contributed by atoms with Gasteiger partial charge < -0.3 is 9.55 Å². The molecule has 0 aliphatic heterocycles. The number of rotatable bonds is 1. The summed E-state index contributed by atoms with van der Waals surface area (Å²) in [5.41, 5.74) is 1.74. The van der Waals surface area contributed by atoms with Crippen molar-refractivity contribution in [3.8, 4) is 0 Å². The second-order valence-corrected chi connectivity index (χ2v) is 3.87. The molecule has 2 aromatic heterocycles. The Morgan fingerprint density at radius 2 is 2.36 bits per heavy atom. The van der Waals surface area contributed by atoms with Crippen molar-refractivity contribution < 1.29 is 0 Å². The second-order valence-electron chi connectivity index (χ2n) is 3.87. The second kappa shape index (κ2) is 2.47. The lowest BCUT2D eigenvalue weighted by Gasteiger charge is -1.97. The molecule has 2 heterocycles. The summed E-state index contributed by atoms with van der Waals surface area (Å²) in [6, 6.07) is 1.61. The van der Waals surface area contributed by atoms with Crippen LogP contribution in [0.15, 0.2) is 17.1 Å². The summed E-state index contributed by atoms with van der Waals surface area (Å²) in [5.74, 6) is 1.72. The number of fused-ring (bicyclic) bond motifs is 1. The molecule has 0 bridgehead atoms. The molecule has 72 valence electrons. The van der Waals surface area contributed by atoms with E-state index in [4.69, 9.17) is 0 Å². The van der Waals surface area contributed by atoms with Crippen LogP contribution < -0.4 is 5.56 Å². The maximum absolute atomic E-state index is 11.1. The van der Waals surface area contributed by atoms with Gasteiger partial charge in [-0.1, -0.05) is 0 Å². The van der Waals surface area contributed by atoms with Gasteiger partial charge in [-0.3, -0.25) is 4.79 Å². The van der Waals surface area contributed by atoms with E-state index in [1.165, 1.54) is 12.8 Å². The zero-order chi connectivity index (χ0) is 9.71. The van der Waals surface area contributed by atoms with E-state index in [9.17, 15) is 4.79 Å². The molecule has 0 amide bonds. The fraction of sp³-hybridized carbons (Fsp3) is 0.400. The molecule has 4 heteroatoms. The van der Waals surface area contributed by atoms with Crippen LogP contribution in [-0.4, -0.2) is 14.5 Å². The van der Waals surface area contributed by atoms with Crippen molar-refractivity contribution in [2.24, 2.45) is 7.05 Å². The van der Waals surface area contributed by atoms with Gasteiger partial charge in [0.15, 0.2) is 0 Å². The highest BCUT2D eigenvalue weighted by Gasteiger charge is 2.28. The Hall–Kier alpha value is -1.58. The number of aryl methyl sites for hydroxylation is 1. The molecule has 0 unspecified atom stereocenters. The monoisotopic (exact) mass is 189 g/mol. The third-order valence-corrected chi connectivity index (χ3v) is 2.76. The van der Waals surface area contributed by atoms with Crippen LogP contribution in [0.2, 0.25) is 0 Å². The van der Waals surface area contributed by atoms with Gasteiger partial charge in [0.2, 0.25) is 5.56 Å². The Balaban J connectivity index is 2.34. The molecule has 0 aromatic carbocycles. The number of nitrogens with one attached hydrogen (secondary N) is 1. The van der Waals surface area contributed by atoms with E-state index < -0.39 is 0 Å². The first-order chi connectivity index (χ1) is 6.75. The normalized spacial score (nSPS) is 16.4. The van der Waals surface area contributed by atoms with Crippen LogP contribution in [0.5, 0.6) is 0 Å². The molecule has 4 nitrogen and oxygen atoms in total. The number of H-pyrrole nitrogens is 1. The Labute approximate surface area is 80.6 Å². The van der Waals surface area contributed by atoms with Gasteiger partial charge in [0, 0.05) is 25.2 Å². The van der Waals surface area contributed by atoms with Crippen molar-refractivity contribution in [2.45, 2.75) is 18.8 Å². The Bertz CT molecular complexity index is 548. The van der Waals surface area contributed by atoms with E-state index >= 15 is 0 Å². The van der Waals surface area contributed by atoms with Crippen molar-refractivity contribution in [3.05, 3.63) is 28.4 Å². The number of nitrogens with zero attached hydrogens (tertiary/aromatic N) is 2. The lowest BCUT2D eigenvalue weighted by Crippen LogP contribution is -2.03. The van der Waals surface area contributed by atoms with Crippen LogP contribution in [0.3, 0.4) is 0 Å². The standard InChI is InChI=1S/C10H11N3O/c1-13-8-4-9(14)11-5-7(8)12-10(13)6-2-3-6/h4-6H,2-3H2,1H3,(H,11,14). The zero-order valence-corrected chi connectivity index (χ0v) is 7.95. The lowest BCUT2D eigenvalue weighted by molar-refractivity contribution is 0.819. The Morgan fingerprint density at radius 3 is 3.07 bits per heavy atom. The highest BCUT2D eigenvalue weighted by atomic mass is 16.1. The number of aromatic nitrogens is 3. The predicted molar refractivity (Wildman–Crippen MR) is 53.3 cm³/mol. The molecule has 3 rings (SSSR count). The molecule has 0 saturated heterocycles. The molecule has 2 aromatic rings. The minimum atomic E-state index is -0.0668. The van der Waals surface area contributed by atoms with Crippen LogP contribution in [-0.2, 0) is 7.05 Å². The van der Waals surface area contributed by atoms with Gasteiger partial charge in [-0.15, -0.1) is 0 Å². The average molecular weight is 189 g/mol. The van der Waals surface area contributed by atoms with Crippen LogP contribution in [0.25, 0.3) is 11.0 Å². The van der Waals surface area contributed by atoms with Crippen molar-refractivity contribution in [1.82, 2.24) is 14.5 Å². The van der Waals surface area contributed by atoms with E-state index in [0.29, 0.717) is 5.92 Å². The molecule has 1 fully saturated rings. The topological polar surface area (TPSA) is 50.7 Å². The van der Waals surface area contributed by atoms with E-state index in [1.807, 2.05) is 11.6 Å². The largest absolute Gasteiger partial charge is 0.331 e. The summed E-state index contributed by atoms with van der Waals surface area (Å²) in [4.78, 5) is 18.3. The number of imidazole rings is 1. The number of hydrogen-bond donors (Lipinski definition) is 1. The molecule has 1 aliphatic rings. The van der Waals surface area contributed by atoms with Crippen molar-refractivity contribution >= 4 is 11.0 Å². The Kier molecular flexibility index (Phi) is 1.37. The molecule has 1 saturated carbocycles. The first-order valence-corrected chi connectivity index (χ1v) is 4.81. The number of pyridine rings is 1. The summed E-state index contributed by atoms with van der Waals surface area (Å²) in [6.07, 6.45) is 4.14. The first-order valence-electron chi connectivity index (χ1n) is 4.81. The van der Waals surface area contributed by atoms with E-state index in [2.05, 4.69) is 9.97 Å². The van der Waals surface area contributed by atoms with Crippen LogP contribution in [0, 0.1) is 0 Å². The molecule has 14 heavy (non-hydrogen) atoms. The van der Waals surface area contributed by atoms with Crippen molar-refractivity contribution in [2.75, 3.05) is 0 Å². The van der Waals surface area contributed by atoms with Crippen LogP contribution in [0.1, 0.15) is 24.6 Å². The summed E-state index contributed by atoms with van der Waals surface area (Å²) in [5, 5.41) is 0. The minimum Gasteiger partial charge on any atom is -0.331 e. The third-order valence-electron chi connectivity index (χ3n) is 2.76. The number of hydrogen-bond acceptors (Lipinski definition) is 2. The Morgan fingerprint density at radius 1 is 1.57 bits per heavy atom. The lowest BCUT2D eigenvalue weighted by atomic mass is 10.4. The van der Waals surface area contributed by atoms with Crippen LogP contribution >= 0.6 is 0 Å². The molecule has 1 N–H and O–H groups in total. The summed E-state index contributed by atoms with van der Waals surface area (Å²) < 4.78 is 2.03. The highest BCUT2D eigenvalue weighted by molar-refractivity contribution is 5.74. The fourth-order valence-electron chi connectivity index (χ4n) is 1.84. The van der Waals surface area contributed by atoms with Gasteiger partial charge in [-0.05, 0) is 12.8 Å². The molecular formula is C10H11N3O. The SMILES string of the molecule is Cn1c(C2CC2)nc2c[nH]c(=O)cc21. The molecule has 0 atom stereocenters. The summed E-state index contributed by atoms with van der Waals surface area (Å²) in [6.45, 7) is 0.